The van der Waals surface area contributed by atoms with E-state index in [1.54, 1.807) is 7.11 Å². The molecule has 1 N–H and O–H groups in total. The molecule has 0 spiro atoms. The lowest BCUT2D eigenvalue weighted by molar-refractivity contribution is 0.415. The molecular weight excluding hydrogens is 298 g/mol. The number of para-hydroxylation sites is 1. The highest BCUT2D eigenvalue weighted by molar-refractivity contribution is 5.90. The molecule has 4 heteroatoms. The van der Waals surface area contributed by atoms with Crippen LogP contribution < -0.4 is 10.1 Å². The van der Waals surface area contributed by atoms with Gasteiger partial charge in [-0.15, -0.1) is 0 Å². The molecule has 24 heavy (non-hydrogen) atoms. The van der Waals surface area contributed by atoms with E-state index in [2.05, 4.69) is 11.4 Å². The van der Waals surface area contributed by atoms with Crippen molar-refractivity contribution >= 4 is 16.7 Å². The fraction of sp³-hybridized carbons (Fsp3) is 0.300. The third-order valence-electron chi connectivity index (χ3n) is 4.65. The molecule has 122 valence electrons. The van der Waals surface area contributed by atoms with E-state index < -0.39 is 0 Å². The third kappa shape index (κ3) is 2.92. The van der Waals surface area contributed by atoms with Crippen LogP contribution in [0.3, 0.4) is 0 Å². The summed E-state index contributed by atoms with van der Waals surface area (Å²) in [7, 11) is 1.67. The number of nitrogens with zero attached hydrogens (tertiary/aromatic N) is 2. The number of methoxy groups -OCH3 is 1. The molecule has 1 aliphatic rings. The van der Waals surface area contributed by atoms with Gasteiger partial charge in [0.15, 0.2) is 5.82 Å². The SMILES string of the molecule is COc1ccc(-c2nc(NC3CCCC3)c3ccccc3n2)cc1. The van der Waals surface area contributed by atoms with Crippen molar-refractivity contribution in [3.63, 3.8) is 0 Å². The maximum absolute atomic E-state index is 5.23. The van der Waals surface area contributed by atoms with Gasteiger partial charge in [-0.1, -0.05) is 25.0 Å². The average Bonchev–Trinajstić information content (AvgIpc) is 3.15. The first-order valence-corrected chi connectivity index (χ1v) is 8.51. The molecule has 3 aromatic rings. The number of fused-ring (bicyclic) bond motifs is 1. The molecular formula is C20H21N3O. The minimum atomic E-state index is 0.520. The molecule has 0 amide bonds. The Morgan fingerprint density at radius 2 is 1.71 bits per heavy atom. The van der Waals surface area contributed by atoms with E-state index in [1.807, 2.05) is 42.5 Å². The molecule has 0 atom stereocenters. The van der Waals surface area contributed by atoms with E-state index in [0.29, 0.717) is 6.04 Å². The molecule has 1 aliphatic carbocycles. The van der Waals surface area contributed by atoms with Crippen LogP contribution in [-0.2, 0) is 0 Å². The fourth-order valence-corrected chi connectivity index (χ4v) is 3.32. The van der Waals surface area contributed by atoms with E-state index in [4.69, 9.17) is 14.7 Å². The molecule has 0 saturated heterocycles. The van der Waals surface area contributed by atoms with E-state index in [1.165, 1.54) is 25.7 Å². The monoisotopic (exact) mass is 319 g/mol. The van der Waals surface area contributed by atoms with Crippen molar-refractivity contribution in [3.8, 4) is 17.1 Å². The molecule has 1 fully saturated rings. The van der Waals surface area contributed by atoms with Crippen LogP contribution in [-0.4, -0.2) is 23.1 Å². The number of rotatable bonds is 4. The Bertz CT molecular complexity index is 839. The fourth-order valence-electron chi connectivity index (χ4n) is 3.32. The third-order valence-corrected chi connectivity index (χ3v) is 4.65. The van der Waals surface area contributed by atoms with Gasteiger partial charge in [0, 0.05) is 17.0 Å². The second-order valence-corrected chi connectivity index (χ2v) is 6.27. The largest absolute Gasteiger partial charge is 0.497 e. The summed E-state index contributed by atoms with van der Waals surface area (Å²) in [4.78, 5) is 9.57. The number of anilines is 1. The minimum Gasteiger partial charge on any atom is -0.497 e. The van der Waals surface area contributed by atoms with Crippen LogP contribution in [0.2, 0.25) is 0 Å². The summed E-state index contributed by atoms with van der Waals surface area (Å²) in [5, 5.41) is 4.73. The average molecular weight is 319 g/mol. The predicted molar refractivity (Wildman–Crippen MR) is 97.4 cm³/mol. The summed E-state index contributed by atoms with van der Waals surface area (Å²) < 4.78 is 5.23. The summed E-state index contributed by atoms with van der Waals surface area (Å²) in [5.74, 6) is 2.53. The van der Waals surface area contributed by atoms with Gasteiger partial charge in [-0.25, -0.2) is 9.97 Å². The first-order valence-electron chi connectivity index (χ1n) is 8.51. The molecule has 0 aliphatic heterocycles. The van der Waals surface area contributed by atoms with Gasteiger partial charge in [0.1, 0.15) is 11.6 Å². The first-order chi connectivity index (χ1) is 11.8. The first kappa shape index (κ1) is 14.9. The van der Waals surface area contributed by atoms with Crippen LogP contribution in [0.25, 0.3) is 22.3 Å². The van der Waals surface area contributed by atoms with Crippen LogP contribution in [0.4, 0.5) is 5.82 Å². The number of hydrogen-bond donors (Lipinski definition) is 1. The van der Waals surface area contributed by atoms with Crippen molar-refractivity contribution in [3.05, 3.63) is 48.5 Å². The van der Waals surface area contributed by atoms with Crippen LogP contribution in [0.15, 0.2) is 48.5 Å². The molecule has 4 nitrogen and oxygen atoms in total. The van der Waals surface area contributed by atoms with Gasteiger partial charge in [-0.05, 0) is 49.2 Å². The van der Waals surface area contributed by atoms with Crippen LogP contribution in [0.5, 0.6) is 5.75 Å². The lowest BCUT2D eigenvalue weighted by atomic mass is 10.1. The molecule has 1 saturated carbocycles. The summed E-state index contributed by atoms with van der Waals surface area (Å²) in [6.07, 6.45) is 5.03. The number of ether oxygens (including phenoxy) is 1. The van der Waals surface area contributed by atoms with Crippen molar-refractivity contribution < 1.29 is 4.74 Å². The Labute approximate surface area is 141 Å². The van der Waals surface area contributed by atoms with Crippen LogP contribution in [0, 0.1) is 0 Å². The molecule has 0 bridgehead atoms. The standard InChI is InChI=1S/C20H21N3O/c1-24-16-12-10-14(11-13-16)19-22-18-9-5-4-8-17(18)20(23-19)21-15-6-2-3-7-15/h4-5,8-13,15H,2-3,6-7H2,1H3,(H,21,22,23). The van der Waals surface area contributed by atoms with Gasteiger partial charge in [-0.3, -0.25) is 0 Å². The Balaban J connectivity index is 1.77. The van der Waals surface area contributed by atoms with Crippen molar-refractivity contribution in [1.29, 1.82) is 0 Å². The lowest BCUT2D eigenvalue weighted by Crippen LogP contribution is -2.16. The van der Waals surface area contributed by atoms with Gasteiger partial charge in [0.05, 0.1) is 12.6 Å². The van der Waals surface area contributed by atoms with Crippen LogP contribution in [0.1, 0.15) is 25.7 Å². The van der Waals surface area contributed by atoms with Crippen LogP contribution >= 0.6 is 0 Å². The summed E-state index contributed by atoms with van der Waals surface area (Å²) in [5.41, 5.74) is 1.97. The number of benzene rings is 2. The van der Waals surface area contributed by atoms with Crippen molar-refractivity contribution in [2.75, 3.05) is 12.4 Å². The number of aromatic nitrogens is 2. The predicted octanol–water partition coefficient (Wildman–Crippen LogP) is 4.66. The van der Waals surface area contributed by atoms with E-state index in [-0.39, 0.29) is 0 Å². The topological polar surface area (TPSA) is 47.0 Å². The highest BCUT2D eigenvalue weighted by Gasteiger charge is 2.17. The second-order valence-electron chi connectivity index (χ2n) is 6.27. The van der Waals surface area contributed by atoms with Crippen molar-refractivity contribution in [2.45, 2.75) is 31.7 Å². The molecule has 1 heterocycles. The van der Waals surface area contributed by atoms with E-state index >= 15 is 0 Å². The van der Waals surface area contributed by atoms with E-state index in [9.17, 15) is 0 Å². The molecule has 0 radical (unpaired) electrons. The zero-order valence-corrected chi connectivity index (χ0v) is 13.8. The smallest absolute Gasteiger partial charge is 0.162 e. The Hall–Kier alpha value is -2.62. The van der Waals surface area contributed by atoms with Crippen molar-refractivity contribution in [2.24, 2.45) is 0 Å². The van der Waals surface area contributed by atoms with Gasteiger partial charge >= 0.3 is 0 Å². The minimum absolute atomic E-state index is 0.520. The van der Waals surface area contributed by atoms with Gasteiger partial charge in [0.2, 0.25) is 0 Å². The van der Waals surface area contributed by atoms with Crippen molar-refractivity contribution in [1.82, 2.24) is 9.97 Å². The second kappa shape index (κ2) is 6.48. The summed E-state index contributed by atoms with van der Waals surface area (Å²) >= 11 is 0. The highest BCUT2D eigenvalue weighted by atomic mass is 16.5. The molecule has 0 unspecified atom stereocenters. The lowest BCUT2D eigenvalue weighted by Gasteiger charge is -2.15. The molecule has 1 aromatic heterocycles. The maximum atomic E-state index is 5.23. The van der Waals surface area contributed by atoms with Gasteiger partial charge < -0.3 is 10.1 Å². The Kier molecular flexibility index (Phi) is 4.03. The number of hydrogen-bond acceptors (Lipinski definition) is 4. The highest BCUT2D eigenvalue weighted by Crippen LogP contribution is 2.29. The summed E-state index contributed by atoms with van der Waals surface area (Å²) in [6, 6.07) is 16.6. The number of nitrogens with one attached hydrogen (secondary N) is 1. The molecule has 4 rings (SSSR count). The van der Waals surface area contributed by atoms with Gasteiger partial charge in [0.25, 0.3) is 0 Å². The Morgan fingerprint density at radius 1 is 0.958 bits per heavy atom. The summed E-state index contributed by atoms with van der Waals surface area (Å²) in [6.45, 7) is 0. The Morgan fingerprint density at radius 3 is 2.46 bits per heavy atom. The maximum Gasteiger partial charge on any atom is 0.162 e. The normalized spacial score (nSPS) is 14.9. The zero-order valence-electron chi connectivity index (χ0n) is 13.8. The zero-order chi connectivity index (χ0) is 16.4. The molecule has 2 aromatic carbocycles. The van der Waals surface area contributed by atoms with E-state index in [0.717, 1.165) is 33.9 Å². The van der Waals surface area contributed by atoms with Gasteiger partial charge in [-0.2, -0.15) is 0 Å². The quantitative estimate of drug-likeness (QED) is 0.760.